The summed E-state index contributed by atoms with van der Waals surface area (Å²) in [7, 11) is 0. The standard InChI is InChI=1S/C8H11NOS/c1-2-4-9-8(10)7-3-5-11-6-7/h2-3,5,7H,1,4,6H2,(H,9,10). The number of rotatable bonds is 3. The fraction of sp³-hybridized carbons (Fsp3) is 0.375. The van der Waals surface area contributed by atoms with Gasteiger partial charge in [0.2, 0.25) is 5.91 Å². The molecule has 1 N–H and O–H groups in total. The maximum Gasteiger partial charge on any atom is 0.228 e. The second kappa shape index (κ2) is 4.23. The minimum Gasteiger partial charge on any atom is -0.352 e. The van der Waals surface area contributed by atoms with Crippen LogP contribution in [0.5, 0.6) is 0 Å². The minimum absolute atomic E-state index is 0.0694. The Kier molecular flexibility index (Phi) is 3.23. The van der Waals surface area contributed by atoms with E-state index in [1.807, 2.05) is 11.5 Å². The van der Waals surface area contributed by atoms with E-state index in [9.17, 15) is 4.79 Å². The highest BCUT2D eigenvalue weighted by molar-refractivity contribution is 8.02. The van der Waals surface area contributed by atoms with E-state index in [-0.39, 0.29) is 11.8 Å². The van der Waals surface area contributed by atoms with Crippen LogP contribution in [-0.4, -0.2) is 18.2 Å². The third-order valence-corrected chi connectivity index (χ3v) is 2.34. The number of nitrogens with one attached hydrogen (secondary N) is 1. The van der Waals surface area contributed by atoms with Crippen LogP contribution < -0.4 is 5.32 Å². The number of hydrogen-bond donors (Lipinski definition) is 1. The molecular formula is C8H11NOS. The van der Waals surface area contributed by atoms with E-state index < -0.39 is 0 Å². The maximum atomic E-state index is 11.2. The van der Waals surface area contributed by atoms with Crippen molar-refractivity contribution in [2.45, 2.75) is 0 Å². The van der Waals surface area contributed by atoms with Crippen LogP contribution in [0.1, 0.15) is 0 Å². The Hall–Kier alpha value is -0.700. The SMILES string of the molecule is C=CCNC(=O)C1C=CSC1. The van der Waals surface area contributed by atoms with Gasteiger partial charge in [-0.3, -0.25) is 4.79 Å². The monoisotopic (exact) mass is 169 g/mol. The fourth-order valence-corrected chi connectivity index (χ4v) is 1.71. The summed E-state index contributed by atoms with van der Waals surface area (Å²) in [6, 6.07) is 0. The van der Waals surface area contributed by atoms with Crippen LogP contribution in [0.4, 0.5) is 0 Å². The molecule has 0 aromatic rings. The van der Waals surface area contributed by atoms with Crippen molar-refractivity contribution < 1.29 is 4.79 Å². The molecule has 0 aromatic carbocycles. The maximum absolute atomic E-state index is 11.2. The van der Waals surface area contributed by atoms with Gasteiger partial charge in [0.05, 0.1) is 5.92 Å². The van der Waals surface area contributed by atoms with E-state index in [2.05, 4.69) is 11.9 Å². The van der Waals surface area contributed by atoms with Crippen molar-refractivity contribution in [3.63, 3.8) is 0 Å². The normalized spacial score (nSPS) is 21.6. The molecule has 0 aliphatic carbocycles. The molecule has 0 spiro atoms. The largest absolute Gasteiger partial charge is 0.352 e. The fourth-order valence-electron chi connectivity index (χ4n) is 0.832. The zero-order valence-corrected chi connectivity index (χ0v) is 7.06. The van der Waals surface area contributed by atoms with E-state index in [4.69, 9.17) is 0 Å². The molecule has 0 saturated heterocycles. The number of carbonyl (C=O) groups is 1. The molecule has 0 radical (unpaired) electrons. The van der Waals surface area contributed by atoms with Crippen LogP contribution in [0, 0.1) is 5.92 Å². The zero-order chi connectivity index (χ0) is 8.10. The lowest BCUT2D eigenvalue weighted by Crippen LogP contribution is -2.29. The Balaban J connectivity index is 2.29. The Morgan fingerprint density at radius 3 is 3.27 bits per heavy atom. The molecule has 0 fully saturated rings. The molecule has 1 atom stereocenters. The van der Waals surface area contributed by atoms with Gasteiger partial charge in [0.15, 0.2) is 0 Å². The lowest BCUT2D eigenvalue weighted by atomic mass is 10.2. The zero-order valence-electron chi connectivity index (χ0n) is 6.25. The van der Waals surface area contributed by atoms with E-state index in [1.54, 1.807) is 17.8 Å². The minimum atomic E-state index is 0.0694. The van der Waals surface area contributed by atoms with Crippen LogP contribution >= 0.6 is 11.8 Å². The summed E-state index contributed by atoms with van der Waals surface area (Å²) in [5.41, 5.74) is 0. The molecule has 2 nitrogen and oxygen atoms in total. The third-order valence-electron chi connectivity index (χ3n) is 1.44. The molecule has 0 bridgehead atoms. The van der Waals surface area contributed by atoms with Gasteiger partial charge < -0.3 is 5.32 Å². The van der Waals surface area contributed by atoms with Crippen LogP contribution in [0.25, 0.3) is 0 Å². The summed E-state index contributed by atoms with van der Waals surface area (Å²) in [6.07, 6.45) is 3.62. The van der Waals surface area contributed by atoms with Gasteiger partial charge in [0.1, 0.15) is 0 Å². The Morgan fingerprint density at radius 2 is 2.73 bits per heavy atom. The van der Waals surface area contributed by atoms with Gasteiger partial charge in [-0.2, -0.15) is 0 Å². The van der Waals surface area contributed by atoms with E-state index in [0.29, 0.717) is 6.54 Å². The molecule has 1 heterocycles. The predicted octanol–water partition coefficient (Wildman–Crippen LogP) is 1.17. The van der Waals surface area contributed by atoms with Crippen LogP contribution in [-0.2, 0) is 4.79 Å². The molecule has 11 heavy (non-hydrogen) atoms. The molecule has 1 rings (SSSR count). The molecule has 1 amide bonds. The summed E-state index contributed by atoms with van der Waals surface area (Å²) >= 11 is 1.68. The average Bonchev–Trinajstić information content (AvgIpc) is 2.52. The van der Waals surface area contributed by atoms with Crippen molar-refractivity contribution in [3.05, 3.63) is 24.1 Å². The molecule has 0 aromatic heterocycles. The molecule has 60 valence electrons. The summed E-state index contributed by atoms with van der Waals surface area (Å²) in [4.78, 5) is 11.2. The Labute approximate surface area is 70.7 Å². The predicted molar refractivity (Wildman–Crippen MR) is 48.3 cm³/mol. The summed E-state index contributed by atoms with van der Waals surface area (Å²) in [6.45, 7) is 4.08. The van der Waals surface area contributed by atoms with Crippen molar-refractivity contribution in [1.29, 1.82) is 0 Å². The summed E-state index contributed by atoms with van der Waals surface area (Å²) in [5, 5.41) is 4.72. The van der Waals surface area contributed by atoms with Gasteiger partial charge in [-0.05, 0) is 5.41 Å². The highest BCUT2D eigenvalue weighted by atomic mass is 32.2. The first-order valence-electron chi connectivity index (χ1n) is 3.51. The smallest absolute Gasteiger partial charge is 0.228 e. The second-order valence-corrected chi connectivity index (χ2v) is 3.24. The third kappa shape index (κ3) is 2.42. The van der Waals surface area contributed by atoms with Crippen molar-refractivity contribution in [1.82, 2.24) is 5.32 Å². The highest BCUT2D eigenvalue weighted by Gasteiger charge is 2.17. The first-order chi connectivity index (χ1) is 5.34. The molecule has 3 heteroatoms. The first-order valence-corrected chi connectivity index (χ1v) is 4.56. The topological polar surface area (TPSA) is 29.1 Å². The second-order valence-electron chi connectivity index (χ2n) is 2.30. The van der Waals surface area contributed by atoms with Crippen LogP contribution in [0.15, 0.2) is 24.1 Å². The number of amides is 1. The van der Waals surface area contributed by atoms with Gasteiger partial charge in [0, 0.05) is 12.3 Å². The number of thioether (sulfide) groups is 1. The van der Waals surface area contributed by atoms with Gasteiger partial charge in [0.25, 0.3) is 0 Å². The summed E-state index contributed by atoms with van der Waals surface area (Å²) < 4.78 is 0. The first kappa shape index (κ1) is 8.40. The van der Waals surface area contributed by atoms with E-state index in [1.165, 1.54) is 0 Å². The number of hydrogen-bond acceptors (Lipinski definition) is 2. The molecular weight excluding hydrogens is 158 g/mol. The molecule has 1 aliphatic heterocycles. The van der Waals surface area contributed by atoms with Gasteiger partial charge in [-0.25, -0.2) is 0 Å². The van der Waals surface area contributed by atoms with E-state index in [0.717, 1.165) is 5.75 Å². The lowest BCUT2D eigenvalue weighted by Gasteiger charge is -2.05. The van der Waals surface area contributed by atoms with Crippen LogP contribution in [0.2, 0.25) is 0 Å². The van der Waals surface area contributed by atoms with Crippen LogP contribution in [0.3, 0.4) is 0 Å². The highest BCUT2D eigenvalue weighted by Crippen LogP contribution is 2.19. The van der Waals surface area contributed by atoms with Gasteiger partial charge >= 0.3 is 0 Å². The van der Waals surface area contributed by atoms with Crippen molar-refractivity contribution in [2.24, 2.45) is 5.92 Å². The van der Waals surface area contributed by atoms with Gasteiger partial charge in [-0.1, -0.05) is 12.2 Å². The average molecular weight is 169 g/mol. The molecule has 0 saturated carbocycles. The van der Waals surface area contributed by atoms with E-state index >= 15 is 0 Å². The summed E-state index contributed by atoms with van der Waals surface area (Å²) in [5.74, 6) is 1.05. The Bertz CT molecular complexity index is 189. The molecule has 1 aliphatic rings. The van der Waals surface area contributed by atoms with Crippen molar-refractivity contribution in [2.75, 3.05) is 12.3 Å². The molecule has 1 unspecified atom stereocenters. The van der Waals surface area contributed by atoms with Crippen molar-refractivity contribution >= 4 is 17.7 Å². The number of carbonyl (C=O) groups excluding carboxylic acids is 1. The lowest BCUT2D eigenvalue weighted by molar-refractivity contribution is -0.122. The quantitative estimate of drug-likeness (QED) is 0.642. The van der Waals surface area contributed by atoms with Gasteiger partial charge in [-0.15, -0.1) is 18.3 Å². The Morgan fingerprint density at radius 1 is 1.91 bits per heavy atom. The van der Waals surface area contributed by atoms with Crippen molar-refractivity contribution in [3.8, 4) is 0 Å².